The van der Waals surface area contributed by atoms with E-state index in [1.54, 1.807) is 0 Å². The number of hydrogen-bond donors (Lipinski definition) is 0. The Kier molecular flexibility index (Phi) is 8.24. The average molecular weight is 576 g/mol. The first-order valence-electron chi connectivity index (χ1n) is 16.4. The van der Waals surface area contributed by atoms with Gasteiger partial charge in [0.05, 0.1) is 11.6 Å². The highest BCUT2D eigenvalue weighted by molar-refractivity contribution is 5.92. The van der Waals surface area contributed by atoms with Gasteiger partial charge in [-0.05, 0) is 88.4 Å². The third kappa shape index (κ3) is 5.15. The minimum atomic E-state index is -0.0514. The molecule has 0 radical (unpaired) electrons. The van der Waals surface area contributed by atoms with Gasteiger partial charge in [-0.1, -0.05) is 57.5 Å². The topological polar surface area (TPSA) is 15.5 Å². The number of benzene rings is 3. The Morgan fingerprint density at radius 2 is 1.42 bits per heavy atom. The van der Waals surface area contributed by atoms with Gasteiger partial charge in [0.15, 0.2) is 5.54 Å². The highest BCUT2D eigenvalue weighted by Crippen LogP contribution is 2.46. The van der Waals surface area contributed by atoms with E-state index in [1.807, 2.05) is 0 Å². The van der Waals surface area contributed by atoms with E-state index in [-0.39, 0.29) is 11.1 Å². The summed E-state index contributed by atoms with van der Waals surface area (Å²) in [5, 5.41) is 2.44. The molecule has 6 rings (SSSR count). The first-order chi connectivity index (χ1) is 20.4. The van der Waals surface area contributed by atoms with Crippen molar-refractivity contribution in [3.8, 4) is 11.5 Å². The van der Waals surface area contributed by atoms with Crippen LogP contribution in [0.5, 0.6) is 11.5 Å². The summed E-state index contributed by atoms with van der Waals surface area (Å²) in [5.74, 6) is 1.89. The van der Waals surface area contributed by atoms with Crippen LogP contribution in [0.15, 0.2) is 60.7 Å². The molecule has 0 amide bonds. The van der Waals surface area contributed by atoms with Crippen LogP contribution in [0, 0.1) is 0 Å². The summed E-state index contributed by atoms with van der Waals surface area (Å²) in [6.07, 6.45) is 7.05. The fraction of sp³-hybridized carbons (Fsp3) is 0.425. The summed E-state index contributed by atoms with van der Waals surface area (Å²) in [6, 6.07) is 18.3. The first-order valence-corrected chi connectivity index (χ1v) is 16.4. The van der Waals surface area contributed by atoms with Crippen LogP contribution < -0.4 is 24.8 Å². The molecule has 3 aliphatic rings. The molecule has 43 heavy (non-hydrogen) atoms. The number of aryl methyl sites for hydroxylation is 1. The molecule has 0 N–H and O–H groups in total. The van der Waals surface area contributed by atoms with E-state index >= 15 is 0 Å². The van der Waals surface area contributed by atoms with E-state index in [2.05, 4.69) is 146 Å². The summed E-state index contributed by atoms with van der Waals surface area (Å²) < 4.78 is 9.41. The molecule has 0 saturated carbocycles. The van der Waals surface area contributed by atoms with Crippen molar-refractivity contribution in [3.05, 3.63) is 99.1 Å². The third-order valence-electron chi connectivity index (χ3n) is 9.22. The minimum absolute atomic E-state index is 0.0514. The Hall–Kier alpha value is -3.59. The van der Waals surface area contributed by atoms with Gasteiger partial charge in [-0.2, -0.15) is 0 Å². The largest absolute Gasteiger partial charge is 0.456 e. The molecule has 3 aliphatic heterocycles. The smallest absolute Gasteiger partial charge is 0.211 e. The Labute approximate surface area is 259 Å². The number of allylic oxidation sites excluding steroid dienone is 2. The molecule has 3 heterocycles. The van der Waals surface area contributed by atoms with E-state index in [1.165, 1.54) is 67.2 Å². The summed E-state index contributed by atoms with van der Waals surface area (Å²) in [4.78, 5) is 2.50. The van der Waals surface area contributed by atoms with Crippen molar-refractivity contribution < 1.29 is 4.74 Å². The second kappa shape index (κ2) is 11.5. The standard InChI is InChI=1S/C37H43N2O.C3H8/c1-10-25-15-13-14-16-26(25)35-29-17-27-23(4)21-36(6,7)38(11-2)31(27)19-33(29)40-34-20-32-28(18-30(34)35)24(5)22-37(8,9)39(32)12-3;1-3-2/h13-22H,10-12H2,1-9H3;3H2,1-2H3/q+1;. The number of rotatable bonds is 4. The van der Waals surface area contributed by atoms with E-state index in [0.717, 1.165) is 31.0 Å². The van der Waals surface area contributed by atoms with E-state index < -0.39 is 0 Å². The van der Waals surface area contributed by atoms with Gasteiger partial charge < -0.3 is 9.64 Å². The monoisotopic (exact) mass is 575 g/mol. The van der Waals surface area contributed by atoms with Gasteiger partial charge in [0.2, 0.25) is 5.36 Å². The van der Waals surface area contributed by atoms with E-state index in [9.17, 15) is 0 Å². The number of nitrogens with zero attached hydrogens (tertiary/aromatic N) is 2. The Morgan fingerprint density at radius 1 is 0.744 bits per heavy atom. The lowest BCUT2D eigenvalue weighted by molar-refractivity contribution is 0.399. The molecule has 0 fully saturated rings. The fourth-order valence-corrected chi connectivity index (χ4v) is 7.55. The van der Waals surface area contributed by atoms with Crippen molar-refractivity contribution in [1.82, 2.24) is 4.58 Å². The maximum Gasteiger partial charge on any atom is 0.211 e. The number of anilines is 1. The first kappa shape index (κ1) is 30.9. The van der Waals surface area contributed by atoms with Crippen molar-refractivity contribution in [2.24, 2.45) is 0 Å². The Morgan fingerprint density at radius 3 is 2.07 bits per heavy atom. The maximum absolute atomic E-state index is 6.91. The summed E-state index contributed by atoms with van der Waals surface area (Å²) in [7, 11) is 0. The molecular formula is C40H51N2O+. The quantitative estimate of drug-likeness (QED) is 0.226. The molecule has 0 saturated heterocycles. The lowest BCUT2D eigenvalue weighted by atomic mass is 9.83. The van der Waals surface area contributed by atoms with Crippen LogP contribution in [0.25, 0.3) is 16.7 Å². The van der Waals surface area contributed by atoms with Crippen LogP contribution in [-0.2, 0) is 6.42 Å². The van der Waals surface area contributed by atoms with E-state index in [4.69, 9.17) is 4.74 Å². The number of hydrogen-bond acceptors (Lipinski definition) is 2. The summed E-state index contributed by atoms with van der Waals surface area (Å²) >= 11 is 0. The number of likely N-dealkylation sites (N-methyl/N-ethyl adjacent to an activating group) is 2. The van der Waals surface area contributed by atoms with Crippen molar-refractivity contribution in [1.29, 1.82) is 0 Å². The average Bonchev–Trinajstić information content (AvgIpc) is 2.94. The Bertz CT molecular complexity index is 1770. The Balaban J connectivity index is 0.00000118. The zero-order valence-electron chi connectivity index (χ0n) is 28.4. The zero-order chi connectivity index (χ0) is 31.3. The van der Waals surface area contributed by atoms with Crippen molar-refractivity contribution in [2.75, 3.05) is 18.0 Å². The van der Waals surface area contributed by atoms with Gasteiger partial charge in [-0.3, -0.25) is 0 Å². The zero-order valence-corrected chi connectivity index (χ0v) is 28.4. The molecule has 3 aromatic rings. The molecule has 0 aliphatic carbocycles. The van der Waals surface area contributed by atoms with Crippen molar-refractivity contribution >= 4 is 22.4 Å². The van der Waals surface area contributed by atoms with Crippen LogP contribution in [0.1, 0.15) is 110 Å². The van der Waals surface area contributed by atoms with E-state index in [0.29, 0.717) is 0 Å². The van der Waals surface area contributed by atoms with Crippen LogP contribution in [0.4, 0.5) is 5.69 Å². The lowest BCUT2D eigenvalue weighted by Gasteiger charge is -2.43. The normalized spacial score (nSPS) is 17.3. The molecule has 3 nitrogen and oxygen atoms in total. The molecule has 226 valence electrons. The number of ether oxygens (including phenoxy) is 1. The fourth-order valence-electron chi connectivity index (χ4n) is 7.55. The molecule has 0 unspecified atom stereocenters. The predicted molar refractivity (Wildman–Crippen MR) is 186 cm³/mol. The molecule has 3 aromatic carbocycles. The van der Waals surface area contributed by atoms with Crippen LogP contribution in [-0.4, -0.2) is 24.2 Å². The molecule has 0 aromatic heterocycles. The van der Waals surface area contributed by atoms with Crippen LogP contribution in [0.2, 0.25) is 0 Å². The van der Waals surface area contributed by atoms with Gasteiger partial charge in [0, 0.05) is 59.6 Å². The molecular weight excluding hydrogens is 524 g/mol. The second-order valence-corrected chi connectivity index (χ2v) is 13.4. The van der Waals surface area contributed by atoms with Gasteiger partial charge in [-0.15, -0.1) is 0 Å². The SMILES string of the molecule is CCC.CCc1ccccc1C1=c2cc3c(cc2Oc2cc4c(cc21)C(C)=CC(C)(C)N4CC)=[N+](CC)C(C)(C)C=C3C. The highest BCUT2D eigenvalue weighted by atomic mass is 16.5. The predicted octanol–water partition coefficient (Wildman–Crippen LogP) is 8.75. The van der Waals surface area contributed by atoms with Crippen LogP contribution in [0.3, 0.4) is 0 Å². The van der Waals surface area contributed by atoms with Gasteiger partial charge in [-0.25, -0.2) is 4.58 Å². The molecule has 0 atom stereocenters. The second-order valence-electron chi connectivity index (χ2n) is 13.4. The third-order valence-corrected chi connectivity index (χ3v) is 9.22. The molecule has 3 heteroatoms. The van der Waals surface area contributed by atoms with Crippen molar-refractivity contribution in [3.63, 3.8) is 0 Å². The summed E-state index contributed by atoms with van der Waals surface area (Å²) in [5.41, 5.74) is 11.5. The van der Waals surface area contributed by atoms with Crippen molar-refractivity contribution in [2.45, 2.75) is 100 Å². The minimum Gasteiger partial charge on any atom is -0.456 e. The maximum atomic E-state index is 6.91. The molecule has 0 spiro atoms. The van der Waals surface area contributed by atoms with Crippen LogP contribution >= 0.6 is 0 Å². The number of fused-ring (bicyclic) bond motifs is 4. The van der Waals surface area contributed by atoms with Gasteiger partial charge in [0.25, 0.3) is 0 Å². The van der Waals surface area contributed by atoms with Gasteiger partial charge in [0.1, 0.15) is 18.0 Å². The molecule has 0 bridgehead atoms. The lowest BCUT2D eigenvalue weighted by Crippen LogP contribution is -2.49. The highest BCUT2D eigenvalue weighted by Gasteiger charge is 2.36. The summed E-state index contributed by atoms with van der Waals surface area (Å²) in [6.45, 7) is 26.6. The van der Waals surface area contributed by atoms with Gasteiger partial charge >= 0.3 is 0 Å².